The Morgan fingerprint density at radius 1 is 0.867 bits per heavy atom. The van der Waals surface area contributed by atoms with Crippen LogP contribution < -0.4 is 20.4 Å². The molecule has 0 aromatic heterocycles. The highest BCUT2D eigenvalue weighted by Gasteiger charge is 2.39. The Morgan fingerprint density at radius 3 is 2.07 bits per heavy atom. The van der Waals surface area contributed by atoms with E-state index in [0.29, 0.717) is 42.0 Å². The van der Waals surface area contributed by atoms with Crippen LogP contribution in [0.1, 0.15) is 92.3 Å². The summed E-state index contributed by atoms with van der Waals surface area (Å²) in [4.78, 5) is 75.4. The minimum absolute atomic E-state index is 0.0186. The van der Waals surface area contributed by atoms with Crippen LogP contribution in [0.4, 0.5) is 15.8 Å². The van der Waals surface area contributed by atoms with Gasteiger partial charge in [-0.1, -0.05) is 39.8 Å². The molecule has 0 spiro atoms. The topological polar surface area (TPSA) is 136 Å². The summed E-state index contributed by atoms with van der Waals surface area (Å²) in [5.74, 6) is -1.86. The molecular formula is C33H40FN5O6. The number of nitrogens with one attached hydrogen (secondary N) is 2. The van der Waals surface area contributed by atoms with E-state index in [-0.39, 0.29) is 43.0 Å². The summed E-state index contributed by atoms with van der Waals surface area (Å²) in [7, 11) is 3.80. The number of rotatable bonds is 7. The van der Waals surface area contributed by atoms with Gasteiger partial charge in [0.15, 0.2) is 0 Å². The van der Waals surface area contributed by atoms with Gasteiger partial charge in [0.1, 0.15) is 17.9 Å². The first-order chi connectivity index (χ1) is 21.2. The number of halogens is 1. The zero-order valence-electron chi connectivity index (χ0n) is 26.5. The van der Waals surface area contributed by atoms with Crippen LogP contribution >= 0.6 is 0 Å². The highest BCUT2D eigenvalue weighted by Crippen LogP contribution is 2.34. The third-order valence-electron chi connectivity index (χ3n) is 8.35. The lowest BCUT2D eigenvalue weighted by Crippen LogP contribution is -2.52. The van der Waals surface area contributed by atoms with Crippen LogP contribution in [0.25, 0.3) is 0 Å². The fourth-order valence-corrected chi connectivity index (χ4v) is 5.77. The van der Waals surface area contributed by atoms with Crippen molar-refractivity contribution >= 4 is 47.3 Å². The van der Waals surface area contributed by atoms with Crippen molar-refractivity contribution in [1.82, 2.24) is 15.5 Å². The van der Waals surface area contributed by atoms with Gasteiger partial charge in [0.25, 0.3) is 5.91 Å². The number of nitrogens with zero attached hydrogens (tertiary/aromatic N) is 3. The van der Waals surface area contributed by atoms with Gasteiger partial charge in [0, 0.05) is 39.0 Å². The van der Waals surface area contributed by atoms with Crippen LogP contribution in [0, 0.1) is 5.82 Å². The first kappa shape index (κ1) is 33.3. The number of imide groups is 2. The minimum atomic E-state index is -0.664. The molecule has 2 unspecified atom stereocenters. The van der Waals surface area contributed by atoms with Crippen molar-refractivity contribution in [2.75, 3.05) is 23.9 Å². The number of hydrogen-bond acceptors (Lipinski definition) is 7. The molecule has 11 nitrogen and oxygen atoms in total. The average Bonchev–Trinajstić information content (AvgIpc) is 3.28. The van der Waals surface area contributed by atoms with Gasteiger partial charge in [0.2, 0.25) is 30.0 Å². The maximum absolute atomic E-state index is 14.1. The minimum Gasteiger partial charge on any atom is -0.376 e. The van der Waals surface area contributed by atoms with Crippen molar-refractivity contribution in [2.24, 2.45) is 0 Å². The lowest BCUT2D eigenvalue weighted by atomic mass is 9.98. The van der Waals surface area contributed by atoms with Gasteiger partial charge in [-0.2, -0.15) is 0 Å². The van der Waals surface area contributed by atoms with Gasteiger partial charge in [-0.25, -0.2) is 4.39 Å². The van der Waals surface area contributed by atoms with Crippen molar-refractivity contribution < 1.29 is 33.2 Å². The Kier molecular flexibility index (Phi) is 10.0. The number of fused-ring (bicyclic) bond motifs is 1. The molecule has 2 aromatic carbocycles. The molecular weight excluding hydrogens is 581 g/mol. The summed E-state index contributed by atoms with van der Waals surface area (Å²) < 4.78 is 14.1. The van der Waals surface area contributed by atoms with E-state index in [1.807, 2.05) is 51.0 Å². The highest BCUT2D eigenvalue weighted by molar-refractivity contribution is 6.06. The Balaban J connectivity index is 0.000000205. The molecule has 2 N–H and O–H groups in total. The van der Waals surface area contributed by atoms with Gasteiger partial charge < -0.3 is 14.7 Å². The molecule has 3 aliphatic heterocycles. The average molecular weight is 622 g/mol. The first-order valence-corrected chi connectivity index (χ1v) is 15.1. The van der Waals surface area contributed by atoms with Crippen LogP contribution in [-0.4, -0.2) is 67.0 Å². The molecule has 2 saturated heterocycles. The van der Waals surface area contributed by atoms with Gasteiger partial charge >= 0.3 is 0 Å². The maximum Gasteiger partial charge on any atom is 0.255 e. The molecule has 45 heavy (non-hydrogen) atoms. The Bertz CT molecular complexity index is 1540. The second-order valence-corrected chi connectivity index (χ2v) is 12.4. The normalized spacial score (nSPS) is 19.6. The van der Waals surface area contributed by atoms with Crippen molar-refractivity contribution in [3.05, 3.63) is 58.4 Å². The van der Waals surface area contributed by atoms with E-state index < -0.39 is 29.7 Å². The van der Waals surface area contributed by atoms with E-state index in [0.717, 1.165) is 16.8 Å². The smallest absolute Gasteiger partial charge is 0.255 e. The molecule has 5 rings (SSSR count). The molecule has 0 bridgehead atoms. The van der Waals surface area contributed by atoms with E-state index >= 15 is 0 Å². The Hall–Kier alpha value is -4.61. The van der Waals surface area contributed by atoms with Crippen LogP contribution in [0.5, 0.6) is 0 Å². The summed E-state index contributed by atoms with van der Waals surface area (Å²) in [5, 5.41) is 4.55. The molecule has 2 atom stereocenters. The number of carbonyl (C=O) groups excluding carboxylic acids is 6. The standard InChI is InChI=1S/C17H23N3O3.C16H17FN2O3/c1-11(2)12-5-6-13(15(9-12)19(3)4)20(10-21)14-7-8-16(22)18-17(14)23;1-8(2)10-5-9-7-19(16(22)11(9)6-12(10)17)13-3-4-14(20)18-15(13)21/h5-6,9-11,14H,7-8H2,1-4H3,(H,18,22,23);5-6,8,13H,3-4,7H2,1-2H3,(H,18,20,21). The Morgan fingerprint density at radius 2 is 1.51 bits per heavy atom. The predicted molar refractivity (Wildman–Crippen MR) is 166 cm³/mol. The van der Waals surface area contributed by atoms with Gasteiger partial charge in [-0.05, 0) is 59.6 Å². The summed E-state index contributed by atoms with van der Waals surface area (Å²) in [6, 6.07) is 7.51. The molecule has 0 aliphatic carbocycles. The number of hydrogen-bond donors (Lipinski definition) is 2. The van der Waals surface area contributed by atoms with Crippen LogP contribution in [0.15, 0.2) is 30.3 Å². The molecule has 3 heterocycles. The predicted octanol–water partition coefficient (Wildman–Crippen LogP) is 3.35. The number of anilines is 2. The monoisotopic (exact) mass is 621 g/mol. The van der Waals surface area contributed by atoms with E-state index in [1.54, 1.807) is 6.07 Å². The SMILES string of the molecule is CC(C)c1cc2c(cc1F)C(=O)N(C1CCC(=O)NC1=O)C2.CC(C)c1ccc(N(C=O)C2CCC(=O)NC2=O)c(N(C)C)c1. The highest BCUT2D eigenvalue weighted by atomic mass is 19.1. The van der Waals surface area contributed by atoms with Crippen LogP contribution in [0.3, 0.4) is 0 Å². The molecule has 2 aromatic rings. The molecule has 0 radical (unpaired) electrons. The molecule has 240 valence electrons. The van der Waals surface area contributed by atoms with E-state index in [2.05, 4.69) is 24.5 Å². The van der Waals surface area contributed by atoms with Crippen molar-refractivity contribution in [3.63, 3.8) is 0 Å². The molecule has 6 amide bonds. The van der Waals surface area contributed by atoms with Crippen molar-refractivity contribution in [1.29, 1.82) is 0 Å². The summed E-state index contributed by atoms with van der Waals surface area (Å²) >= 11 is 0. The van der Waals surface area contributed by atoms with Gasteiger partial charge in [0.05, 0.1) is 11.4 Å². The third-order valence-corrected chi connectivity index (χ3v) is 8.35. The first-order valence-electron chi connectivity index (χ1n) is 15.1. The largest absolute Gasteiger partial charge is 0.376 e. The number of amides is 6. The number of benzene rings is 2. The van der Waals surface area contributed by atoms with Crippen LogP contribution in [0.2, 0.25) is 0 Å². The van der Waals surface area contributed by atoms with Crippen molar-refractivity contribution in [3.8, 4) is 0 Å². The van der Waals surface area contributed by atoms with Gasteiger partial charge in [-0.3, -0.25) is 39.4 Å². The second-order valence-electron chi connectivity index (χ2n) is 12.4. The quantitative estimate of drug-likeness (QED) is 0.358. The maximum atomic E-state index is 14.1. The molecule has 3 aliphatic rings. The van der Waals surface area contributed by atoms with Gasteiger partial charge in [-0.15, -0.1) is 0 Å². The lowest BCUT2D eigenvalue weighted by molar-refractivity contribution is -0.137. The van der Waals surface area contributed by atoms with Crippen LogP contribution in [-0.2, 0) is 30.5 Å². The fraction of sp³-hybridized carbons (Fsp3) is 0.455. The molecule has 0 saturated carbocycles. The zero-order valence-corrected chi connectivity index (χ0v) is 26.5. The van der Waals surface area contributed by atoms with E-state index in [4.69, 9.17) is 0 Å². The summed E-state index contributed by atoms with van der Waals surface area (Å²) in [6.07, 6.45) is 1.76. The van der Waals surface area contributed by atoms with E-state index in [9.17, 15) is 33.2 Å². The third kappa shape index (κ3) is 7.05. The van der Waals surface area contributed by atoms with E-state index in [1.165, 1.54) is 15.9 Å². The molecule has 12 heteroatoms. The lowest BCUT2D eigenvalue weighted by Gasteiger charge is -2.32. The number of carbonyl (C=O) groups is 6. The second kappa shape index (κ2) is 13.6. The summed E-state index contributed by atoms with van der Waals surface area (Å²) in [6.45, 7) is 8.26. The zero-order chi connectivity index (χ0) is 33.2. The number of piperidine rings is 2. The summed E-state index contributed by atoms with van der Waals surface area (Å²) in [5.41, 5.74) is 4.31. The van der Waals surface area contributed by atoms with Crippen molar-refractivity contribution in [2.45, 2.75) is 83.8 Å². The fourth-order valence-electron chi connectivity index (χ4n) is 5.77. The Labute approximate surface area is 262 Å². The molecule has 2 fully saturated rings.